The van der Waals surface area contributed by atoms with Gasteiger partial charge in [-0.1, -0.05) is 6.07 Å². The number of hydrogen-bond acceptors (Lipinski definition) is 6. The number of carbonyl (C=O) groups excluding carboxylic acids is 1. The first kappa shape index (κ1) is 23.0. The molecule has 7 nitrogen and oxygen atoms in total. The second-order valence-corrected chi connectivity index (χ2v) is 7.80. The number of methoxy groups -OCH3 is 3. The fraction of sp³-hybridized carbons (Fsp3) is 0.222. The van der Waals surface area contributed by atoms with Crippen LogP contribution in [-0.2, 0) is 11.3 Å². The molecule has 0 bridgehead atoms. The highest BCUT2D eigenvalue weighted by Crippen LogP contribution is 2.42. The maximum Gasteiger partial charge on any atom is 0.244 e. The van der Waals surface area contributed by atoms with Gasteiger partial charge >= 0.3 is 0 Å². The number of amides is 1. The Hall–Kier alpha value is -4.13. The molecule has 0 aliphatic heterocycles. The standard InChI is InChI=1S/C27H27NO6/c1-16(11-25(29)28-14-19-7-6-10-33-19)20-13-21-22(15-34-27(21)17(2)26(20)32-5)18-8-9-23(30-3)24(12-18)31-4/h6-13,15H,14H2,1-5H3,(H,28,29)/b16-11+. The van der Waals surface area contributed by atoms with Crippen molar-refractivity contribution >= 4 is 22.4 Å². The first-order valence-corrected chi connectivity index (χ1v) is 10.8. The number of allylic oxidation sites excluding steroid dienone is 1. The van der Waals surface area contributed by atoms with Gasteiger partial charge in [0.1, 0.15) is 17.1 Å². The van der Waals surface area contributed by atoms with Crippen LogP contribution in [0.4, 0.5) is 0 Å². The minimum atomic E-state index is -0.221. The molecule has 2 aromatic heterocycles. The molecule has 1 N–H and O–H groups in total. The van der Waals surface area contributed by atoms with E-state index in [4.69, 9.17) is 23.0 Å². The van der Waals surface area contributed by atoms with Crippen LogP contribution in [0.2, 0.25) is 0 Å². The predicted molar refractivity (Wildman–Crippen MR) is 130 cm³/mol. The Labute approximate surface area is 197 Å². The summed E-state index contributed by atoms with van der Waals surface area (Å²) < 4.78 is 27.7. The lowest BCUT2D eigenvalue weighted by Gasteiger charge is -2.14. The molecule has 34 heavy (non-hydrogen) atoms. The third-order valence-corrected chi connectivity index (χ3v) is 5.73. The maximum absolute atomic E-state index is 12.5. The van der Waals surface area contributed by atoms with Crippen LogP contribution in [0, 0.1) is 6.92 Å². The molecule has 4 rings (SSSR count). The number of carbonyl (C=O) groups is 1. The average molecular weight is 462 g/mol. The molecule has 0 atom stereocenters. The van der Waals surface area contributed by atoms with Gasteiger partial charge in [0.15, 0.2) is 11.5 Å². The van der Waals surface area contributed by atoms with E-state index in [9.17, 15) is 4.79 Å². The summed E-state index contributed by atoms with van der Waals surface area (Å²) in [4.78, 5) is 12.5. The van der Waals surface area contributed by atoms with Crippen LogP contribution < -0.4 is 19.5 Å². The minimum Gasteiger partial charge on any atom is -0.496 e. The Morgan fingerprint density at radius 1 is 1.03 bits per heavy atom. The van der Waals surface area contributed by atoms with Crippen LogP contribution in [0.15, 0.2) is 63.8 Å². The first-order valence-electron chi connectivity index (χ1n) is 10.8. The zero-order valence-corrected chi connectivity index (χ0v) is 19.9. The molecule has 0 radical (unpaired) electrons. The summed E-state index contributed by atoms with van der Waals surface area (Å²) >= 11 is 0. The Bertz CT molecular complexity index is 1350. The van der Waals surface area contributed by atoms with Crippen LogP contribution in [0.5, 0.6) is 17.2 Å². The van der Waals surface area contributed by atoms with Crippen molar-refractivity contribution in [2.45, 2.75) is 20.4 Å². The predicted octanol–water partition coefficient (Wildman–Crippen LogP) is 5.75. The van der Waals surface area contributed by atoms with Crippen molar-refractivity contribution in [3.63, 3.8) is 0 Å². The molecular formula is C27H27NO6. The van der Waals surface area contributed by atoms with E-state index in [1.807, 2.05) is 44.2 Å². The molecule has 0 saturated heterocycles. The number of benzene rings is 2. The van der Waals surface area contributed by atoms with E-state index in [0.717, 1.165) is 38.8 Å². The van der Waals surface area contributed by atoms with E-state index in [1.54, 1.807) is 46.0 Å². The second-order valence-electron chi connectivity index (χ2n) is 7.80. The van der Waals surface area contributed by atoms with Crippen LogP contribution in [0.25, 0.3) is 27.7 Å². The van der Waals surface area contributed by atoms with Crippen molar-refractivity contribution in [2.24, 2.45) is 0 Å². The summed E-state index contributed by atoms with van der Waals surface area (Å²) in [5.41, 5.74) is 4.97. The molecule has 2 heterocycles. The number of rotatable bonds is 8. The van der Waals surface area contributed by atoms with E-state index in [2.05, 4.69) is 5.32 Å². The van der Waals surface area contributed by atoms with Crippen molar-refractivity contribution in [1.29, 1.82) is 0 Å². The Kier molecular flexibility index (Phi) is 6.63. The van der Waals surface area contributed by atoms with Crippen LogP contribution in [0.3, 0.4) is 0 Å². The molecule has 4 aromatic rings. The van der Waals surface area contributed by atoms with E-state index >= 15 is 0 Å². The highest BCUT2D eigenvalue weighted by atomic mass is 16.5. The number of ether oxygens (including phenoxy) is 3. The van der Waals surface area contributed by atoms with Gasteiger partial charge in [-0.3, -0.25) is 4.79 Å². The Balaban J connectivity index is 1.74. The van der Waals surface area contributed by atoms with Gasteiger partial charge in [-0.05, 0) is 55.3 Å². The molecular weight excluding hydrogens is 434 g/mol. The van der Waals surface area contributed by atoms with Gasteiger partial charge in [-0.15, -0.1) is 0 Å². The summed E-state index contributed by atoms with van der Waals surface area (Å²) in [6.07, 6.45) is 4.85. The first-order chi connectivity index (χ1) is 16.5. The number of fused-ring (bicyclic) bond motifs is 1. The fourth-order valence-corrected chi connectivity index (χ4v) is 4.01. The maximum atomic E-state index is 12.5. The van der Waals surface area contributed by atoms with Gasteiger partial charge in [0.25, 0.3) is 0 Å². The summed E-state index contributed by atoms with van der Waals surface area (Å²) in [7, 11) is 4.82. The van der Waals surface area contributed by atoms with Gasteiger partial charge in [-0.25, -0.2) is 0 Å². The number of hydrogen-bond donors (Lipinski definition) is 1. The van der Waals surface area contributed by atoms with Crippen molar-refractivity contribution in [3.05, 3.63) is 71.9 Å². The SMILES string of the molecule is COc1ccc(-c2coc3c(C)c(OC)c(/C(C)=C/C(=O)NCc4ccco4)cc23)cc1OC. The van der Waals surface area contributed by atoms with Gasteiger partial charge in [0, 0.05) is 28.2 Å². The Morgan fingerprint density at radius 3 is 2.50 bits per heavy atom. The largest absolute Gasteiger partial charge is 0.496 e. The minimum absolute atomic E-state index is 0.221. The topological polar surface area (TPSA) is 83.1 Å². The molecule has 176 valence electrons. The molecule has 2 aromatic carbocycles. The monoisotopic (exact) mass is 461 g/mol. The number of nitrogens with one attached hydrogen (secondary N) is 1. The van der Waals surface area contributed by atoms with E-state index in [1.165, 1.54) is 0 Å². The van der Waals surface area contributed by atoms with E-state index < -0.39 is 0 Å². The average Bonchev–Trinajstić information content (AvgIpc) is 3.52. The lowest BCUT2D eigenvalue weighted by molar-refractivity contribution is -0.116. The fourth-order valence-electron chi connectivity index (χ4n) is 4.01. The van der Waals surface area contributed by atoms with Crippen molar-refractivity contribution in [2.75, 3.05) is 21.3 Å². The van der Waals surface area contributed by atoms with E-state index in [-0.39, 0.29) is 5.91 Å². The molecule has 0 aliphatic carbocycles. The molecule has 0 spiro atoms. The van der Waals surface area contributed by atoms with Crippen molar-refractivity contribution in [3.8, 4) is 28.4 Å². The normalized spacial score (nSPS) is 11.5. The lowest BCUT2D eigenvalue weighted by atomic mass is 9.96. The summed E-state index contributed by atoms with van der Waals surface area (Å²) in [5, 5.41) is 3.74. The third-order valence-electron chi connectivity index (χ3n) is 5.73. The molecule has 0 fully saturated rings. The smallest absolute Gasteiger partial charge is 0.244 e. The third kappa shape index (κ3) is 4.37. The molecule has 0 unspecified atom stereocenters. The summed E-state index contributed by atoms with van der Waals surface area (Å²) in [5.74, 6) is 2.41. The zero-order chi connectivity index (χ0) is 24.2. The quantitative estimate of drug-likeness (QED) is 0.337. The summed E-state index contributed by atoms with van der Waals surface area (Å²) in [6, 6.07) is 11.3. The van der Waals surface area contributed by atoms with Gasteiger partial charge in [0.05, 0.1) is 40.4 Å². The number of aryl methyl sites for hydroxylation is 1. The van der Waals surface area contributed by atoms with Crippen molar-refractivity contribution in [1.82, 2.24) is 5.32 Å². The number of furan rings is 2. The van der Waals surface area contributed by atoms with Gasteiger partial charge < -0.3 is 28.4 Å². The van der Waals surface area contributed by atoms with E-state index in [0.29, 0.717) is 29.6 Å². The highest BCUT2D eigenvalue weighted by molar-refractivity contribution is 6.01. The molecule has 7 heteroatoms. The molecule has 0 saturated carbocycles. The van der Waals surface area contributed by atoms with Crippen molar-refractivity contribution < 1.29 is 27.8 Å². The lowest BCUT2D eigenvalue weighted by Crippen LogP contribution is -2.20. The Morgan fingerprint density at radius 2 is 1.82 bits per heavy atom. The van der Waals surface area contributed by atoms with Gasteiger partial charge in [-0.2, -0.15) is 0 Å². The molecule has 1 amide bonds. The summed E-state index contributed by atoms with van der Waals surface area (Å²) in [6.45, 7) is 4.14. The highest BCUT2D eigenvalue weighted by Gasteiger charge is 2.19. The van der Waals surface area contributed by atoms with Crippen LogP contribution in [0.1, 0.15) is 23.8 Å². The van der Waals surface area contributed by atoms with Gasteiger partial charge in [0.2, 0.25) is 5.91 Å². The zero-order valence-electron chi connectivity index (χ0n) is 19.9. The van der Waals surface area contributed by atoms with Crippen LogP contribution >= 0.6 is 0 Å². The second kappa shape index (κ2) is 9.79. The molecule has 0 aliphatic rings. The van der Waals surface area contributed by atoms with Crippen LogP contribution in [-0.4, -0.2) is 27.2 Å².